The number of carbonyl (C=O) groups is 2. The first-order valence-electron chi connectivity index (χ1n) is 10.1. The fraction of sp³-hybridized carbons (Fsp3) is 0.545. The number of benzene rings is 1. The van der Waals surface area contributed by atoms with Crippen LogP contribution in [0.1, 0.15) is 74.1 Å². The van der Waals surface area contributed by atoms with E-state index in [0.717, 1.165) is 19.3 Å². The number of rotatable bonds is 11. The van der Waals surface area contributed by atoms with Gasteiger partial charge in [0.15, 0.2) is 0 Å². The summed E-state index contributed by atoms with van der Waals surface area (Å²) in [6, 6.07) is 4.03. The fourth-order valence-electron chi connectivity index (χ4n) is 3.16. The molecule has 158 valence electrons. The summed E-state index contributed by atoms with van der Waals surface area (Å²) in [4.78, 5) is 36.7. The highest BCUT2D eigenvalue weighted by Gasteiger charge is 2.39. The van der Waals surface area contributed by atoms with E-state index in [0.29, 0.717) is 18.3 Å². The molecule has 0 aliphatic heterocycles. The SMILES string of the molecule is CC(C)CCCOC1=C(OCCCC(C)C)C(=O)c2c(cccc2[N+](=O)[O-])C1=O. The van der Waals surface area contributed by atoms with E-state index in [1.807, 2.05) is 0 Å². The van der Waals surface area contributed by atoms with Gasteiger partial charge in [0.25, 0.3) is 5.69 Å². The molecule has 0 amide bonds. The van der Waals surface area contributed by atoms with Gasteiger partial charge in [0.1, 0.15) is 5.56 Å². The quantitative estimate of drug-likeness (QED) is 0.290. The topological polar surface area (TPSA) is 95.7 Å². The summed E-state index contributed by atoms with van der Waals surface area (Å²) >= 11 is 0. The molecule has 1 aromatic rings. The minimum atomic E-state index is -0.671. The highest BCUT2D eigenvalue weighted by atomic mass is 16.6. The van der Waals surface area contributed by atoms with Crippen molar-refractivity contribution in [3.05, 3.63) is 51.0 Å². The number of hydrogen-bond acceptors (Lipinski definition) is 6. The van der Waals surface area contributed by atoms with E-state index in [2.05, 4.69) is 27.7 Å². The molecule has 0 fully saturated rings. The summed E-state index contributed by atoms with van der Waals surface area (Å²) in [6.45, 7) is 8.85. The molecule has 0 bridgehead atoms. The molecule has 0 aromatic heterocycles. The molecule has 0 N–H and O–H groups in total. The van der Waals surface area contributed by atoms with E-state index < -0.39 is 22.2 Å². The van der Waals surface area contributed by atoms with E-state index in [1.54, 1.807) is 0 Å². The van der Waals surface area contributed by atoms with Gasteiger partial charge in [-0.3, -0.25) is 19.7 Å². The molecule has 2 rings (SSSR count). The van der Waals surface area contributed by atoms with Gasteiger partial charge in [-0.05, 0) is 43.6 Å². The Bertz CT molecular complexity index is 810. The van der Waals surface area contributed by atoms with E-state index in [4.69, 9.17) is 9.47 Å². The van der Waals surface area contributed by atoms with E-state index in [-0.39, 0.29) is 35.9 Å². The lowest BCUT2D eigenvalue weighted by Gasteiger charge is -2.21. The largest absolute Gasteiger partial charge is 0.486 e. The number of Topliss-reactive ketones (excluding diaryl/α,β-unsaturated/α-hetero) is 2. The Morgan fingerprint density at radius 3 is 1.90 bits per heavy atom. The Kier molecular flexibility index (Phi) is 7.93. The van der Waals surface area contributed by atoms with Gasteiger partial charge in [-0.1, -0.05) is 33.8 Å². The van der Waals surface area contributed by atoms with E-state index >= 15 is 0 Å². The van der Waals surface area contributed by atoms with Crippen LogP contribution in [-0.2, 0) is 9.47 Å². The number of fused-ring (bicyclic) bond motifs is 1. The summed E-state index contributed by atoms with van der Waals surface area (Å²) in [6.07, 6.45) is 3.25. The van der Waals surface area contributed by atoms with Crippen LogP contribution in [0.4, 0.5) is 5.69 Å². The first-order chi connectivity index (χ1) is 13.7. The molecule has 1 aliphatic rings. The number of nitro benzene ring substituents is 1. The Morgan fingerprint density at radius 1 is 0.897 bits per heavy atom. The van der Waals surface area contributed by atoms with Crippen LogP contribution in [0.5, 0.6) is 0 Å². The smallest absolute Gasteiger partial charge is 0.281 e. The zero-order valence-corrected chi connectivity index (χ0v) is 17.5. The second-order valence-corrected chi connectivity index (χ2v) is 8.04. The molecule has 1 aliphatic carbocycles. The Hall–Kier alpha value is -2.70. The molecule has 0 unspecified atom stereocenters. The summed E-state index contributed by atoms with van der Waals surface area (Å²) in [5.74, 6) is -0.611. The molecule has 7 heteroatoms. The molecule has 0 atom stereocenters. The van der Waals surface area contributed by atoms with Gasteiger partial charge in [-0.2, -0.15) is 0 Å². The highest BCUT2D eigenvalue weighted by molar-refractivity contribution is 6.26. The summed E-state index contributed by atoms with van der Waals surface area (Å²) < 4.78 is 11.3. The molecule has 1 aromatic carbocycles. The third-order valence-corrected chi connectivity index (χ3v) is 4.67. The summed E-state index contributed by atoms with van der Waals surface area (Å²) in [5, 5.41) is 11.4. The fourth-order valence-corrected chi connectivity index (χ4v) is 3.16. The summed E-state index contributed by atoms with van der Waals surface area (Å²) in [5.41, 5.74) is -0.642. The van der Waals surface area contributed by atoms with Crippen LogP contribution in [0, 0.1) is 22.0 Å². The zero-order valence-electron chi connectivity index (χ0n) is 17.5. The minimum absolute atomic E-state index is 0.0161. The highest BCUT2D eigenvalue weighted by Crippen LogP contribution is 2.33. The summed E-state index contributed by atoms with van der Waals surface area (Å²) in [7, 11) is 0. The van der Waals surface area contributed by atoms with Crippen molar-refractivity contribution in [2.45, 2.75) is 53.4 Å². The van der Waals surface area contributed by atoms with E-state index in [1.165, 1.54) is 18.2 Å². The van der Waals surface area contributed by atoms with Gasteiger partial charge in [0, 0.05) is 11.6 Å². The van der Waals surface area contributed by atoms with Crippen LogP contribution < -0.4 is 0 Å². The molecule has 0 spiro atoms. The van der Waals surface area contributed by atoms with Crippen LogP contribution in [0.15, 0.2) is 29.7 Å². The van der Waals surface area contributed by atoms with Gasteiger partial charge in [-0.15, -0.1) is 0 Å². The molecule has 29 heavy (non-hydrogen) atoms. The van der Waals surface area contributed by atoms with Crippen LogP contribution in [0.3, 0.4) is 0 Å². The molecular formula is C22H29NO6. The van der Waals surface area contributed by atoms with E-state index in [9.17, 15) is 19.7 Å². The first-order valence-corrected chi connectivity index (χ1v) is 10.1. The van der Waals surface area contributed by atoms with Crippen LogP contribution in [0.2, 0.25) is 0 Å². The second kappa shape index (κ2) is 10.2. The lowest BCUT2D eigenvalue weighted by molar-refractivity contribution is -0.385. The number of hydrogen-bond donors (Lipinski definition) is 0. The van der Waals surface area contributed by atoms with Crippen LogP contribution in [-0.4, -0.2) is 29.7 Å². The standard InChI is InChI=1S/C22H29NO6/c1-14(2)8-6-12-28-21-19(24)16-10-5-11-17(23(26)27)18(16)20(25)22(21)29-13-7-9-15(3)4/h5,10-11,14-15H,6-9,12-13H2,1-4H3. The Labute approximate surface area is 171 Å². The average molecular weight is 403 g/mol. The number of nitro groups is 1. The van der Waals surface area contributed by atoms with Crippen LogP contribution >= 0.6 is 0 Å². The van der Waals surface area contributed by atoms with Crippen molar-refractivity contribution in [3.8, 4) is 0 Å². The number of allylic oxidation sites excluding steroid dienone is 2. The Morgan fingerprint density at radius 2 is 1.41 bits per heavy atom. The van der Waals surface area contributed by atoms with Crippen molar-refractivity contribution < 1.29 is 24.0 Å². The second-order valence-electron chi connectivity index (χ2n) is 8.04. The maximum absolute atomic E-state index is 13.0. The van der Waals surface area contributed by atoms with Gasteiger partial charge in [-0.25, -0.2) is 0 Å². The third-order valence-electron chi connectivity index (χ3n) is 4.67. The first kappa shape index (κ1) is 22.6. The molecule has 0 saturated heterocycles. The van der Waals surface area contributed by atoms with Gasteiger partial charge in [0.2, 0.25) is 23.1 Å². The molecule has 0 radical (unpaired) electrons. The normalized spacial score (nSPS) is 13.9. The van der Waals surface area contributed by atoms with Crippen molar-refractivity contribution in [1.82, 2.24) is 0 Å². The van der Waals surface area contributed by atoms with Gasteiger partial charge < -0.3 is 9.47 Å². The minimum Gasteiger partial charge on any atom is -0.486 e. The van der Waals surface area contributed by atoms with Crippen molar-refractivity contribution in [3.63, 3.8) is 0 Å². The number of ketones is 2. The van der Waals surface area contributed by atoms with Gasteiger partial charge in [0.05, 0.1) is 18.1 Å². The maximum Gasteiger partial charge on any atom is 0.281 e. The van der Waals surface area contributed by atoms with Crippen molar-refractivity contribution in [1.29, 1.82) is 0 Å². The maximum atomic E-state index is 13.0. The zero-order chi connectivity index (χ0) is 21.6. The van der Waals surface area contributed by atoms with Crippen LogP contribution in [0.25, 0.3) is 0 Å². The lowest BCUT2D eigenvalue weighted by atomic mass is 9.90. The Balaban J connectivity index is 2.33. The number of carbonyl (C=O) groups excluding carboxylic acids is 2. The van der Waals surface area contributed by atoms with Crippen molar-refractivity contribution in [2.75, 3.05) is 13.2 Å². The third kappa shape index (κ3) is 5.65. The molecule has 7 nitrogen and oxygen atoms in total. The average Bonchev–Trinajstić information content (AvgIpc) is 2.66. The predicted octanol–water partition coefficient (Wildman–Crippen LogP) is 5.09. The number of nitrogens with zero attached hydrogens (tertiary/aromatic N) is 1. The van der Waals surface area contributed by atoms with Crippen molar-refractivity contribution in [2.24, 2.45) is 11.8 Å². The monoisotopic (exact) mass is 403 g/mol. The predicted molar refractivity (Wildman–Crippen MR) is 109 cm³/mol. The molecule has 0 heterocycles. The van der Waals surface area contributed by atoms with Crippen molar-refractivity contribution >= 4 is 17.3 Å². The number of ether oxygens (including phenoxy) is 2. The molecule has 0 saturated carbocycles. The lowest BCUT2D eigenvalue weighted by Crippen LogP contribution is -2.26. The van der Waals surface area contributed by atoms with Gasteiger partial charge >= 0.3 is 0 Å². The molecular weight excluding hydrogens is 374 g/mol.